The van der Waals surface area contributed by atoms with Crippen LogP contribution >= 0.6 is 0 Å². The first-order valence-corrected chi connectivity index (χ1v) is 6.22. The normalized spacial score (nSPS) is 26.4. The molecule has 0 bridgehead atoms. The molecule has 1 aliphatic heterocycles. The van der Waals surface area contributed by atoms with E-state index >= 15 is 0 Å². The molecule has 0 saturated carbocycles. The van der Waals surface area contributed by atoms with Crippen LogP contribution < -0.4 is 0 Å². The molecule has 1 aromatic carbocycles. The van der Waals surface area contributed by atoms with Crippen LogP contribution in [0.3, 0.4) is 0 Å². The van der Waals surface area contributed by atoms with Crippen molar-refractivity contribution in [1.29, 1.82) is 5.26 Å². The molecule has 0 spiro atoms. The smallest absolute Gasteiger partial charge is 0.248 e. The molecule has 0 radical (unpaired) electrons. The van der Waals surface area contributed by atoms with E-state index in [2.05, 4.69) is 0 Å². The van der Waals surface area contributed by atoms with Crippen LogP contribution in [0.25, 0.3) is 0 Å². The van der Waals surface area contributed by atoms with Crippen LogP contribution in [0.1, 0.15) is 31.2 Å². The van der Waals surface area contributed by atoms with Crippen LogP contribution in [-0.4, -0.2) is 10.8 Å². The zero-order chi connectivity index (χ0) is 12.7. The van der Waals surface area contributed by atoms with Crippen LogP contribution in [0, 0.1) is 17.4 Å². The molecule has 3 rings (SSSR count). The Hall–Kier alpha value is -2.08. The first-order valence-electron chi connectivity index (χ1n) is 6.22. The molecule has 1 heterocycles. The average molecular weight is 238 g/mol. The molecular formula is C15H14N2O. The molecule has 3 heteroatoms. The number of rotatable bonds is 1. The maximum atomic E-state index is 12.4. The minimum atomic E-state index is -0.168. The van der Waals surface area contributed by atoms with Gasteiger partial charge in [0.1, 0.15) is 0 Å². The van der Waals surface area contributed by atoms with E-state index in [-0.39, 0.29) is 17.7 Å². The molecule has 0 N–H and O–H groups in total. The highest BCUT2D eigenvalue weighted by Crippen LogP contribution is 2.49. The van der Waals surface area contributed by atoms with Crippen molar-refractivity contribution >= 4 is 5.91 Å². The third kappa shape index (κ3) is 1.39. The van der Waals surface area contributed by atoms with Gasteiger partial charge in [-0.3, -0.25) is 4.79 Å². The second-order valence-corrected chi connectivity index (χ2v) is 4.97. The van der Waals surface area contributed by atoms with Crippen LogP contribution in [0.5, 0.6) is 0 Å². The van der Waals surface area contributed by atoms with Crippen molar-refractivity contribution in [2.45, 2.75) is 25.7 Å². The number of carbonyl (C=O) groups excluding carboxylic acids is 1. The summed E-state index contributed by atoms with van der Waals surface area (Å²) in [6, 6.07) is 9.80. The Morgan fingerprint density at radius 3 is 2.72 bits per heavy atom. The maximum Gasteiger partial charge on any atom is 0.248 e. The average Bonchev–Trinajstić information content (AvgIpc) is 2.88. The summed E-state index contributed by atoms with van der Waals surface area (Å²) in [5.74, 6) is -0.0411. The number of fused-ring (bicyclic) bond motifs is 1. The first-order chi connectivity index (χ1) is 8.74. The Balaban J connectivity index is 2.09. The van der Waals surface area contributed by atoms with Gasteiger partial charge in [-0.2, -0.15) is 5.26 Å². The van der Waals surface area contributed by atoms with Crippen molar-refractivity contribution in [3.8, 4) is 6.19 Å². The van der Waals surface area contributed by atoms with Gasteiger partial charge in [-0.15, -0.1) is 0 Å². The maximum absolute atomic E-state index is 12.4. The highest BCUT2D eigenvalue weighted by atomic mass is 16.2. The van der Waals surface area contributed by atoms with Crippen molar-refractivity contribution in [3.63, 3.8) is 0 Å². The molecule has 2 unspecified atom stereocenters. The van der Waals surface area contributed by atoms with Crippen molar-refractivity contribution < 1.29 is 4.79 Å². The summed E-state index contributed by atoms with van der Waals surface area (Å²) in [5, 5.41) is 9.19. The fourth-order valence-electron chi connectivity index (χ4n) is 3.20. The minimum absolute atomic E-state index is 0.0669. The lowest BCUT2D eigenvalue weighted by Crippen LogP contribution is -2.21. The second kappa shape index (κ2) is 3.99. The van der Waals surface area contributed by atoms with Gasteiger partial charge in [0.25, 0.3) is 0 Å². The Bertz CT molecular complexity index is 568. The summed E-state index contributed by atoms with van der Waals surface area (Å²) >= 11 is 0. The largest absolute Gasteiger partial charge is 0.273 e. The molecule has 2 atom stereocenters. The van der Waals surface area contributed by atoms with Gasteiger partial charge in [-0.25, -0.2) is 4.90 Å². The Morgan fingerprint density at radius 1 is 1.33 bits per heavy atom. The first kappa shape index (κ1) is 11.0. The van der Waals surface area contributed by atoms with E-state index in [4.69, 9.17) is 0 Å². The summed E-state index contributed by atoms with van der Waals surface area (Å²) in [7, 11) is 0. The molecule has 0 aromatic heterocycles. The molecule has 1 fully saturated rings. The Labute approximate surface area is 106 Å². The van der Waals surface area contributed by atoms with Gasteiger partial charge < -0.3 is 0 Å². The predicted octanol–water partition coefficient (Wildman–Crippen LogP) is 2.78. The van der Waals surface area contributed by atoms with E-state index < -0.39 is 0 Å². The summed E-state index contributed by atoms with van der Waals surface area (Å²) in [6.07, 6.45) is 4.01. The van der Waals surface area contributed by atoms with Crippen molar-refractivity contribution in [2.75, 3.05) is 0 Å². The van der Waals surface area contributed by atoms with Crippen LogP contribution in [0.4, 0.5) is 0 Å². The molecule has 2 aliphatic rings. The van der Waals surface area contributed by atoms with Gasteiger partial charge in [0, 0.05) is 11.6 Å². The van der Waals surface area contributed by atoms with Crippen molar-refractivity contribution in [1.82, 2.24) is 4.90 Å². The number of hydrogen-bond donors (Lipinski definition) is 0. The number of benzene rings is 1. The van der Waals surface area contributed by atoms with Gasteiger partial charge in [0.2, 0.25) is 5.91 Å². The number of allylic oxidation sites excluding steroid dienone is 2. The SMILES string of the molecule is CC1=C2C(CC1)C(c1ccccc1)C(=O)N2C#N. The number of carbonyl (C=O) groups is 1. The Kier molecular flexibility index (Phi) is 2.45. The highest BCUT2D eigenvalue weighted by molar-refractivity contribution is 5.91. The predicted molar refractivity (Wildman–Crippen MR) is 67.1 cm³/mol. The molecule has 3 nitrogen and oxygen atoms in total. The van der Waals surface area contributed by atoms with Crippen LogP contribution in [0.15, 0.2) is 41.6 Å². The molecule has 90 valence electrons. The molecule has 18 heavy (non-hydrogen) atoms. The van der Waals surface area contributed by atoms with E-state index in [1.54, 1.807) is 0 Å². The molecule has 1 saturated heterocycles. The molecule has 1 aromatic rings. The van der Waals surface area contributed by atoms with Crippen LogP contribution in [0.2, 0.25) is 0 Å². The number of nitriles is 1. The van der Waals surface area contributed by atoms with E-state index in [0.29, 0.717) is 0 Å². The fourth-order valence-corrected chi connectivity index (χ4v) is 3.20. The summed E-state index contributed by atoms with van der Waals surface area (Å²) in [6.45, 7) is 2.03. The second-order valence-electron chi connectivity index (χ2n) is 4.97. The molecular weight excluding hydrogens is 224 g/mol. The monoisotopic (exact) mass is 238 g/mol. The van der Waals surface area contributed by atoms with Gasteiger partial charge in [-0.1, -0.05) is 35.9 Å². The number of likely N-dealkylation sites (tertiary alicyclic amines) is 1. The molecule has 1 aliphatic carbocycles. The quantitative estimate of drug-likeness (QED) is 0.706. The third-order valence-corrected chi connectivity index (χ3v) is 4.01. The third-order valence-electron chi connectivity index (χ3n) is 4.01. The van der Waals surface area contributed by atoms with Gasteiger partial charge in [0.05, 0.1) is 5.92 Å². The lowest BCUT2D eigenvalue weighted by atomic mass is 9.87. The summed E-state index contributed by atoms with van der Waals surface area (Å²) in [5.41, 5.74) is 3.17. The zero-order valence-electron chi connectivity index (χ0n) is 10.3. The van der Waals surface area contributed by atoms with Crippen molar-refractivity contribution in [2.24, 2.45) is 5.92 Å². The molecule has 1 amide bonds. The zero-order valence-corrected chi connectivity index (χ0v) is 10.3. The van der Waals surface area contributed by atoms with Crippen molar-refractivity contribution in [3.05, 3.63) is 47.2 Å². The fraction of sp³-hybridized carbons (Fsp3) is 0.333. The topological polar surface area (TPSA) is 44.1 Å². The Morgan fingerprint density at radius 2 is 2.06 bits per heavy atom. The lowest BCUT2D eigenvalue weighted by Gasteiger charge is -2.13. The van der Waals surface area contributed by atoms with Gasteiger partial charge >= 0.3 is 0 Å². The van der Waals surface area contributed by atoms with E-state index in [9.17, 15) is 10.1 Å². The minimum Gasteiger partial charge on any atom is -0.273 e. The van der Waals surface area contributed by atoms with Gasteiger partial charge in [0.15, 0.2) is 6.19 Å². The number of nitrogens with zero attached hydrogens (tertiary/aromatic N) is 2. The number of amides is 1. The van der Waals surface area contributed by atoms with E-state index in [0.717, 1.165) is 24.1 Å². The summed E-state index contributed by atoms with van der Waals surface area (Å²) < 4.78 is 0. The highest BCUT2D eigenvalue weighted by Gasteiger charge is 2.48. The summed E-state index contributed by atoms with van der Waals surface area (Å²) in [4.78, 5) is 13.7. The number of hydrogen-bond acceptors (Lipinski definition) is 2. The van der Waals surface area contributed by atoms with Crippen LogP contribution in [-0.2, 0) is 4.79 Å². The van der Waals surface area contributed by atoms with E-state index in [1.807, 2.05) is 43.4 Å². The lowest BCUT2D eigenvalue weighted by molar-refractivity contribution is -0.126. The standard InChI is InChI=1S/C15H14N2O/c1-10-7-8-12-13(11-5-3-2-4-6-11)15(18)17(9-16)14(10)12/h2-6,12-13H,7-8H2,1H3. The van der Waals surface area contributed by atoms with Gasteiger partial charge in [-0.05, 0) is 25.3 Å². The van der Waals surface area contributed by atoms with E-state index in [1.165, 1.54) is 10.5 Å².